The summed E-state index contributed by atoms with van der Waals surface area (Å²) < 4.78 is 0. The van der Waals surface area contributed by atoms with Crippen LogP contribution < -0.4 is 5.73 Å². The van der Waals surface area contributed by atoms with Crippen molar-refractivity contribution in [3.8, 4) is 0 Å². The topological polar surface area (TPSA) is 51.8 Å². The first kappa shape index (κ1) is 9.80. The number of hydrogen-bond acceptors (Lipinski definition) is 3. The normalized spacial score (nSPS) is 12.3. The van der Waals surface area contributed by atoms with Crippen molar-refractivity contribution in [3.05, 3.63) is 60.2 Å². The molecule has 0 unspecified atom stereocenters. The van der Waals surface area contributed by atoms with Gasteiger partial charge in [-0.1, -0.05) is 12.1 Å². The van der Waals surface area contributed by atoms with E-state index in [-0.39, 0.29) is 6.04 Å². The van der Waals surface area contributed by atoms with E-state index in [1.54, 1.807) is 12.4 Å². The fraction of sp³-hybridized carbons (Fsp3) is 0.167. The second-order valence-corrected chi connectivity index (χ2v) is 3.39. The third-order valence-electron chi connectivity index (χ3n) is 2.22. The Morgan fingerprint density at radius 3 is 2.33 bits per heavy atom. The Kier molecular flexibility index (Phi) is 3.05. The van der Waals surface area contributed by atoms with Gasteiger partial charge in [-0.3, -0.25) is 9.97 Å². The van der Waals surface area contributed by atoms with Gasteiger partial charge in [-0.25, -0.2) is 0 Å². The fourth-order valence-corrected chi connectivity index (χ4v) is 1.44. The molecular weight excluding hydrogens is 186 g/mol. The van der Waals surface area contributed by atoms with Crippen LogP contribution in [0, 0.1) is 0 Å². The zero-order chi connectivity index (χ0) is 10.5. The molecule has 0 fully saturated rings. The zero-order valence-corrected chi connectivity index (χ0v) is 8.38. The number of hydrogen-bond donors (Lipinski definition) is 1. The molecule has 2 N–H and O–H groups in total. The largest absolute Gasteiger partial charge is 0.322 e. The second-order valence-electron chi connectivity index (χ2n) is 3.39. The van der Waals surface area contributed by atoms with Gasteiger partial charge in [-0.2, -0.15) is 0 Å². The van der Waals surface area contributed by atoms with Crippen LogP contribution in [0.1, 0.15) is 17.4 Å². The lowest BCUT2D eigenvalue weighted by molar-refractivity contribution is 0.683. The number of nitrogens with zero attached hydrogens (tertiary/aromatic N) is 2. The van der Waals surface area contributed by atoms with Crippen molar-refractivity contribution in [2.45, 2.75) is 12.5 Å². The second kappa shape index (κ2) is 4.66. The molecule has 0 saturated carbocycles. The van der Waals surface area contributed by atoms with E-state index in [1.807, 2.05) is 36.4 Å². The zero-order valence-electron chi connectivity index (χ0n) is 8.38. The van der Waals surface area contributed by atoms with Crippen molar-refractivity contribution in [2.75, 3.05) is 0 Å². The first-order valence-corrected chi connectivity index (χ1v) is 4.92. The van der Waals surface area contributed by atoms with Crippen LogP contribution in [0.3, 0.4) is 0 Å². The van der Waals surface area contributed by atoms with E-state index in [0.29, 0.717) is 0 Å². The van der Waals surface area contributed by atoms with Gasteiger partial charge in [-0.15, -0.1) is 0 Å². The van der Waals surface area contributed by atoms with Crippen LogP contribution in [0.2, 0.25) is 0 Å². The van der Waals surface area contributed by atoms with E-state index < -0.39 is 0 Å². The van der Waals surface area contributed by atoms with Crippen LogP contribution in [0.4, 0.5) is 0 Å². The van der Waals surface area contributed by atoms with Gasteiger partial charge in [0.15, 0.2) is 0 Å². The summed E-state index contributed by atoms with van der Waals surface area (Å²) in [4.78, 5) is 8.46. The van der Waals surface area contributed by atoms with Gasteiger partial charge in [-0.05, 0) is 24.3 Å². The predicted molar refractivity (Wildman–Crippen MR) is 59.1 cm³/mol. The Balaban J connectivity index is 2.08. The fourth-order valence-electron chi connectivity index (χ4n) is 1.44. The average Bonchev–Trinajstić information content (AvgIpc) is 2.31. The molecule has 2 rings (SSSR count). The minimum Gasteiger partial charge on any atom is -0.322 e. The molecule has 0 saturated heterocycles. The molecule has 3 nitrogen and oxygen atoms in total. The van der Waals surface area contributed by atoms with Gasteiger partial charge in [0.05, 0.1) is 11.7 Å². The van der Waals surface area contributed by atoms with Gasteiger partial charge < -0.3 is 5.73 Å². The highest BCUT2D eigenvalue weighted by Gasteiger charge is 2.07. The quantitative estimate of drug-likeness (QED) is 0.818. The first-order chi connectivity index (χ1) is 7.36. The van der Waals surface area contributed by atoms with E-state index in [9.17, 15) is 0 Å². The maximum atomic E-state index is 6.02. The van der Waals surface area contributed by atoms with E-state index in [1.165, 1.54) is 0 Å². The van der Waals surface area contributed by atoms with E-state index in [0.717, 1.165) is 17.8 Å². The van der Waals surface area contributed by atoms with Crippen LogP contribution in [0.5, 0.6) is 0 Å². The highest BCUT2D eigenvalue weighted by Crippen LogP contribution is 2.11. The molecule has 0 radical (unpaired) electrons. The molecule has 0 aliphatic heterocycles. The van der Waals surface area contributed by atoms with Crippen LogP contribution in [0.15, 0.2) is 48.8 Å². The third-order valence-corrected chi connectivity index (χ3v) is 2.22. The maximum absolute atomic E-state index is 6.02. The summed E-state index contributed by atoms with van der Waals surface area (Å²) in [7, 11) is 0. The molecular formula is C12H13N3. The lowest BCUT2D eigenvalue weighted by atomic mass is 10.1. The lowest BCUT2D eigenvalue weighted by Gasteiger charge is -2.09. The van der Waals surface area contributed by atoms with Gasteiger partial charge in [0.2, 0.25) is 0 Å². The van der Waals surface area contributed by atoms with Crippen molar-refractivity contribution in [1.29, 1.82) is 0 Å². The van der Waals surface area contributed by atoms with Crippen molar-refractivity contribution in [3.63, 3.8) is 0 Å². The molecule has 2 aromatic rings. The Morgan fingerprint density at radius 1 is 1.00 bits per heavy atom. The Hall–Kier alpha value is -1.74. The lowest BCUT2D eigenvalue weighted by Crippen LogP contribution is -2.15. The SMILES string of the molecule is N[C@H](Cc1ccccn1)c1ccccn1. The molecule has 3 heteroatoms. The molecule has 1 atom stereocenters. The van der Waals surface area contributed by atoms with Crippen molar-refractivity contribution >= 4 is 0 Å². The van der Waals surface area contributed by atoms with Crippen LogP contribution >= 0.6 is 0 Å². The van der Waals surface area contributed by atoms with Crippen LogP contribution in [0.25, 0.3) is 0 Å². The summed E-state index contributed by atoms with van der Waals surface area (Å²) in [6, 6.07) is 11.5. The molecule has 15 heavy (non-hydrogen) atoms. The minimum atomic E-state index is -0.0823. The molecule has 2 heterocycles. The van der Waals surface area contributed by atoms with Crippen molar-refractivity contribution in [2.24, 2.45) is 5.73 Å². The maximum Gasteiger partial charge on any atom is 0.0574 e. The summed E-state index contributed by atoms with van der Waals surface area (Å²) >= 11 is 0. The Bertz CT molecular complexity index is 400. The summed E-state index contributed by atoms with van der Waals surface area (Å²) in [5.41, 5.74) is 7.93. The summed E-state index contributed by atoms with van der Waals surface area (Å²) in [6.07, 6.45) is 4.26. The Morgan fingerprint density at radius 2 is 1.73 bits per heavy atom. The van der Waals surface area contributed by atoms with Gasteiger partial charge >= 0.3 is 0 Å². The standard InChI is InChI=1S/C12H13N3/c13-11(12-6-2-4-8-15-12)9-10-5-1-3-7-14-10/h1-8,11H,9,13H2/t11-/m1/s1. The van der Waals surface area contributed by atoms with E-state index >= 15 is 0 Å². The molecule has 76 valence electrons. The Labute approximate surface area is 89.0 Å². The highest BCUT2D eigenvalue weighted by molar-refractivity contribution is 5.13. The average molecular weight is 199 g/mol. The predicted octanol–water partition coefficient (Wildman–Crippen LogP) is 1.72. The van der Waals surface area contributed by atoms with Crippen molar-refractivity contribution < 1.29 is 0 Å². The van der Waals surface area contributed by atoms with E-state index in [2.05, 4.69) is 9.97 Å². The summed E-state index contributed by atoms with van der Waals surface area (Å²) in [6.45, 7) is 0. The minimum absolute atomic E-state index is 0.0823. The van der Waals surface area contributed by atoms with Gasteiger partial charge in [0, 0.05) is 24.5 Å². The number of pyridine rings is 2. The molecule has 0 aliphatic rings. The smallest absolute Gasteiger partial charge is 0.0574 e. The van der Waals surface area contributed by atoms with Crippen LogP contribution in [-0.2, 0) is 6.42 Å². The first-order valence-electron chi connectivity index (χ1n) is 4.92. The van der Waals surface area contributed by atoms with Gasteiger partial charge in [0.25, 0.3) is 0 Å². The monoisotopic (exact) mass is 199 g/mol. The molecule has 0 aliphatic carbocycles. The summed E-state index contributed by atoms with van der Waals surface area (Å²) in [5, 5.41) is 0. The molecule has 0 spiro atoms. The van der Waals surface area contributed by atoms with E-state index in [4.69, 9.17) is 5.73 Å². The van der Waals surface area contributed by atoms with Crippen molar-refractivity contribution in [1.82, 2.24) is 9.97 Å². The van der Waals surface area contributed by atoms with Gasteiger partial charge in [0.1, 0.15) is 0 Å². The number of nitrogens with two attached hydrogens (primary N) is 1. The number of rotatable bonds is 3. The van der Waals surface area contributed by atoms with Crippen LogP contribution in [-0.4, -0.2) is 9.97 Å². The highest BCUT2D eigenvalue weighted by atomic mass is 14.8. The summed E-state index contributed by atoms with van der Waals surface area (Å²) in [5.74, 6) is 0. The molecule has 0 aromatic carbocycles. The molecule has 0 amide bonds. The number of aromatic nitrogens is 2. The third kappa shape index (κ3) is 2.60. The molecule has 0 bridgehead atoms. The molecule has 2 aromatic heterocycles.